The van der Waals surface area contributed by atoms with Crippen molar-refractivity contribution in [1.29, 1.82) is 0 Å². The van der Waals surface area contributed by atoms with Crippen LogP contribution in [0.2, 0.25) is 0 Å². The Bertz CT molecular complexity index is 533. The summed E-state index contributed by atoms with van der Waals surface area (Å²) >= 11 is 1.88. The zero-order valence-electron chi connectivity index (χ0n) is 12.0. The van der Waals surface area contributed by atoms with Gasteiger partial charge in [-0.05, 0) is 49.3 Å². The normalized spacial score (nSPS) is 23.2. The maximum atomic E-state index is 11.6. The van der Waals surface area contributed by atoms with E-state index in [0.29, 0.717) is 19.3 Å². The molecular formula is C17H20O3S. The average Bonchev–Trinajstić information content (AvgIpc) is 3.17. The van der Waals surface area contributed by atoms with Gasteiger partial charge in [-0.3, -0.25) is 9.59 Å². The fourth-order valence-electron chi connectivity index (χ4n) is 2.96. The topological polar surface area (TPSA) is 54.4 Å². The molecule has 0 bridgehead atoms. The molecule has 0 spiro atoms. The predicted octanol–water partition coefficient (Wildman–Crippen LogP) is 3.87. The van der Waals surface area contributed by atoms with Crippen molar-refractivity contribution in [2.75, 3.05) is 0 Å². The van der Waals surface area contributed by atoms with E-state index in [0.717, 1.165) is 17.2 Å². The van der Waals surface area contributed by atoms with Crippen LogP contribution in [0, 0.1) is 5.92 Å². The van der Waals surface area contributed by atoms with Crippen molar-refractivity contribution in [1.82, 2.24) is 0 Å². The van der Waals surface area contributed by atoms with Crippen molar-refractivity contribution in [2.24, 2.45) is 5.92 Å². The van der Waals surface area contributed by atoms with Crippen LogP contribution in [0.25, 0.3) is 0 Å². The highest BCUT2D eigenvalue weighted by Crippen LogP contribution is 2.40. The van der Waals surface area contributed by atoms with Crippen LogP contribution in [0.1, 0.15) is 50.0 Å². The highest BCUT2D eigenvalue weighted by molar-refractivity contribution is 8.00. The average molecular weight is 304 g/mol. The standard InChI is InChI=1S/C17H20O3S/c18-13-4-1-11(9-13)10-16(17(19)20)12-2-5-14(6-3-12)21-15-7-8-15/h2-3,5-6,11,15-16H,1,4,7-10H2,(H,19,20). The third kappa shape index (κ3) is 3.88. The fourth-order valence-corrected chi connectivity index (χ4v) is 4.01. The van der Waals surface area contributed by atoms with Gasteiger partial charge in [0.2, 0.25) is 0 Å². The number of Topliss-reactive ketones (excluding diaryl/α,β-unsaturated/α-hetero) is 1. The van der Waals surface area contributed by atoms with E-state index in [1.807, 2.05) is 36.0 Å². The number of hydrogen-bond donors (Lipinski definition) is 1. The minimum atomic E-state index is -0.781. The first-order valence-corrected chi connectivity index (χ1v) is 8.51. The van der Waals surface area contributed by atoms with Crippen molar-refractivity contribution < 1.29 is 14.7 Å². The summed E-state index contributed by atoms with van der Waals surface area (Å²) in [7, 11) is 0. The van der Waals surface area contributed by atoms with Crippen molar-refractivity contribution in [3.63, 3.8) is 0 Å². The largest absolute Gasteiger partial charge is 0.481 e. The van der Waals surface area contributed by atoms with E-state index in [1.54, 1.807) is 0 Å². The molecule has 2 saturated carbocycles. The Morgan fingerprint density at radius 3 is 2.48 bits per heavy atom. The molecule has 0 amide bonds. The van der Waals surface area contributed by atoms with Gasteiger partial charge in [-0.1, -0.05) is 12.1 Å². The minimum Gasteiger partial charge on any atom is -0.481 e. The van der Waals surface area contributed by atoms with Crippen LogP contribution in [0.5, 0.6) is 0 Å². The predicted molar refractivity (Wildman–Crippen MR) is 82.7 cm³/mol. The van der Waals surface area contributed by atoms with Gasteiger partial charge in [0.25, 0.3) is 0 Å². The molecule has 2 fully saturated rings. The molecule has 2 atom stereocenters. The third-order valence-corrected chi connectivity index (χ3v) is 5.67. The van der Waals surface area contributed by atoms with E-state index in [1.165, 1.54) is 17.7 Å². The zero-order valence-corrected chi connectivity index (χ0v) is 12.8. The quantitative estimate of drug-likeness (QED) is 0.867. The van der Waals surface area contributed by atoms with Crippen molar-refractivity contribution in [3.05, 3.63) is 29.8 Å². The van der Waals surface area contributed by atoms with Gasteiger partial charge in [0.15, 0.2) is 0 Å². The maximum absolute atomic E-state index is 11.6. The van der Waals surface area contributed by atoms with Gasteiger partial charge in [-0.15, -0.1) is 11.8 Å². The maximum Gasteiger partial charge on any atom is 0.310 e. The number of aliphatic carboxylic acids is 1. The summed E-state index contributed by atoms with van der Waals surface area (Å²) in [6.07, 6.45) is 5.18. The number of hydrogen-bond acceptors (Lipinski definition) is 3. The molecule has 0 aliphatic heterocycles. The lowest BCUT2D eigenvalue weighted by molar-refractivity contribution is -0.139. The zero-order chi connectivity index (χ0) is 14.8. The number of carboxylic acid groups (broad SMARTS) is 1. The molecule has 112 valence electrons. The molecule has 1 aromatic rings. The number of carboxylic acids is 1. The first kappa shape index (κ1) is 14.6. The lowest BCUT2D eigenvalue weighted by Gasteiger charge is -2.17. The molecule has 0 radical (unpaired) electrons. The molecule has 2 aliphatic rings. The SMILES string of the molecule is O=C1CCC(CC(C(=O)O)c2ccc(SC3CC3)cc2)C1. The van der Waals surface area contributed by atoms with Crippen molar-refractivity contribution in [2.45, 2.75) is 54.6 Å². The Hall–Kier alpha value is -1.29. The Morgan fingerprint density at radius 1 is 1.24 bits per heavy atom. The lowest BCUT2D eigenvalue weighted by Crippen LogP contribution is -2.15. The second-order valence-electron chi connectivity index (χ2n) is 6.16. The smallest absolute Gasteiger partial charge is 0.310 e. The van der Waals surface area contributed by atoms with Gasteiger partial charge in [0, 0.05) is 23.0 Å². The molecular weight excluding hydrogens is 284 g/mol. The number of carbonyl (C=O) groups is 2. The summed E-state index contributed by atoms with van der Waals surface area (Å²) in [6.45, 7) is 0. The third-order valence-electron chi connectivity index (χ3n) is 4.32. The molecule has 3 rings (SSSR count). The Kier molecular flexibility index (Phi) is 4.34. The summed E-state index contributed by atoms with van der Waals surface area (Å²) in [5, 5.41) is 10.2. The second kappa shape index (κ2) is 6.22. The van der Waals surface area contributed by atoms with Crippen LogP contribution in [0.4, 0.5) is 0 Å². The van der Waals surface area contributed by atoms with E-state index >= 15 is 0 Å². The van der Waals surface area contributed by atoms with Gasteiger partial charge in [-0.25, -0.2) is 0 Å². The number of ketones is 1. The van der Waals surface area contributed by atoms with E-state index in [9.17, 15) is 14.7 Å². The molecule has 21 heavy (non-hydrogen) atoms. The Balaban J connectivity index is 1.67. The summed E-state index contributed by atoms with van der Waals surface area (Å²) < 4.78 is 0. The molecule has 1 N–H and O–H groups in total. The molecule has 3 nitrogen and oxygen atoms in total. The molecule has 0 aromatic heterocycles. The minimum absolute atomic E-state index is 0.235. The van der Waals surface area contributed by atoms with E-state index in [-0.39, 0.29) is 11.7 Å². The lowest BCUT2D eigenvalue weighted by atomic mass is 9.88. The molecule has 2 unspecified atom stereocenters. The Labute approximate surface area is 129 Å². The second-order valence-corrected chi connectivity index (χ2v) is 7.53. The molecule has 0 saturated heterocycles. The summed E-state index contributed by atoms with van der Waals surface area (Å²) in [4.78, 5) is 24.1. The van der Waals surface area contributed by atoms with E-state index in [4.69, 9.17) is 0 Å². The highest BCUT2D eigenvalue weighted by Gasteiger charge is 2.29. The summed E-state index contributed by atoms with van der Waals surface area (Å²) in [5.41, 5.74) is 0.863. The number of benzene rings is 1. The van der Waals surface area contributed by atoms with Gasteiger partial charge in [0.05, 0.1) is 5.92 Å². The highest BCUT2D eigenvalue weighted by atomic mass is 32.2. The van der Waals surface area contributed by atoms with Crippen molar-refractivity contribution in [3.8, 4) is 0 Å². The number of rotatable bonds is 6. The van der Waals surface area contributed by atoms with Crippen LogP contribution < -0.4 is 0 Å². The monoisotopic (exact) mass is 304 g/mol. The van der Waals surface area contributed by atoms with Gasteiger partial charge >= 0.3 is 5.97 Å². The number of carbonyl (C=O) groups excluding carboxylic acids is 1. The van der Waals surface area contributed by atoms with Crippen molar-refractivity contribution >= 4 is 23.5 Å². The van der Waals surface area contributed by atoms with Gasteiger partial charge in [-0.2, -0.15) is 0 Å². The van der Waals surface area contributed by atoms with Crippen LogP contribution in [0.3, 0.4) is 0 Å². The first-order valence-electron chi connectivity index (χ1n) is 7.63. The molecule has 1 aromatic carbocycles. The molecule has 0 heterocycles. The van der Waals surface area contributed by atoms with Gasteiger partial charge < -0.3 is 5.11 Å². The van der Waals surface area contributed by atoms with Crippen LogP contribution in [0.15, 0.2) is 29.2 Å². The fraction of sp³-hybridized carbons (Fsp3) is 0.529. The van der Waals surface area contributed by atoms with E-state index in [2.05, 4.69) is 0 Å². The van der Waals surface area contributed by atoms with Crippen LogP contribution in [-0.2, 0) is 9.59 Å². The first-order chi connectivity index (χ1) is 10.1. The van der Waals surface area contributed by atoms with Crippen LogP contribution >= 0.6 is 11.8 Å². The Morgan fingerprint density at radius 2 is 1.95 bits per heavy atom. The number of thioether (sulfide) groups is 1. The van der Waals surface area contributed by atoms with Crippen LogP contribution in [-0.4, -0.2) is 22.1 Å². The molecule has 4 heteroatoms. The molecule has 2 aliphatic carbocycles. The summed E-state index contributed by atoms with van der Waals surface area (Å²) in [6, 6.07) is 7.96. The van der Waals surface area contributed by atoms with E-state index < -0.39 is 11.9 Å². The van der Waals surface area contributed by atoms with Gasteiger partial charge in [0.1, 0.15) is 5.78 Å². The summed E-state index contributed by atoms with van der Waals surface area (Å²) in [5.74, 6) is -0.753.